The van der Waals surface area contributed by atoms with Crippen molar-refractivity contribution < 1.29 is 0 Å². The van der Waals surface area contributed by atoms with Gasteiger partial charge >= 0.3 is 0 Å². The maximum atomic E-state index is 5.03. The van der Waals surface area contributed by atoms with Crippen molar-refractivity contribution in [1.82, 2.24) is 15.2 Å². The van der Waals surface area contributed by atoms with Crippen LogP contribution in [-0.4, -0.2) is 41.5 Å². The summed E-state index contributed by atoms with van der Waals surface area (Å²) >= 11 is 4.00. The van der Waals surface area contributed by atoms with E-state index < -0.39 is 0 Å². The second-order valence-corrected chi connectivity index (χ2v) is 8.53. The number of hydrogen-bond acceptors (Lipinski definition) is 5. The third-order valence-electron chi connectivity index (χ3n) is 3.79. The van der Waals surface area contributed by atoms with Crippen LogP contribution < -0.4 is 5.32 Å². The normalized spacial score (nSPS) is 20.3. The van der Waals surface area contributed by atoms with Crippen LogP contribution in [0.1, 0.15) is 48.8 Å². The molecule has 0 aliphatic carbocycles. The van der Waals surface area contributed by atoms with Crippen LogP contribution in [0, 0.1) is 5.92 Å². The fourth-order valence-electron chi connectivity index (χ4n) is 2.56. The molecule has 1 N–H and O–H groups in total. The molecule has 1 atom stereocenters. The molecule has 0 aromatic carbocycles. The summed E-state index contributed by atoms with van der Waals surface area (Å²) < 4.78 is 0. The van der Waals surface area contributed by atoms with E-state index in [-0.39, 0.29) is 0 Å². The largest absolute Gasteiger partial charge is 0.312 e. The van der Waals surface area contributed by atoms with Crippen LogP contribution in [-0.2, 0) is 13.0 Å². The summed E-state index contributed by atoms with van der Waals surface area (Å²) in [5.74, 6) is 3.11. The number of thiazole rings is 1. The summed E-state index contributed by atoms with van der Waals surface area (Å²) in [5, 5.41) is 4.87. The summed E-state index contributed by atoms with van der Waals surface area (Å²) in [5.41, 5.74) is 1.33. The van der Waals surface area contributed by atoms with E-state index in [0.29, 0.717) is 12.0 Å². The monoisotopic (exact) mass is 327 g/mol. The number of aromatic nitrogens is 1. The van der Waals surface area contributed by atoms with E-state index in [1.54, 1.807) is 0 Å². The fourth-order valence-corrected chi connectivity index (χ4v) is 5.11. The maximum Gasteiger partial charge on any atom is 0.111 e. The lowest BCUT2D eigenvalue weighted by Gasteiger charge is -2.30. The zero-order valence-corrected chi connectivity index (χ0v) is 15.4. The molecule has 1 unspecified atom stereocenters. The van der Waals surface area contributed by atoms with Gasteiger partial charge in [-0.05, 0) is 32.4 Å². The summed E-state index contributed by atoms with van der Waals surface area (Å²) in [7, 11) is 2.24. The highest BCUT2D eigenvalue weighted by Gasteiger charge is 2.25. The molecule has 2 rings (SSSR count). The van der Waals surface area contributed by atoms with E-state index in [4.69, 9.17) is 4.98 Å². The van der Waals surface area contributed by atoms with Gasteiger partial charge in [0.05, 0.1) is 11.7 Å². The minimum atomic E-state index is 0.514. The van der Waals surface area contributed by atoms with Crippen molar-refractivity contribution in [3.05, 3.63) is 15.6 Å². The van der Waals surface area contributed by atoms with Gasteiger partial charge in [-0.1, -0.05) is 20.8 Å². The maximum absolute atomic E-state index is 5.03. The SMILES string of the molecule is CCCNCc1sc(C2CSCCN2C)nc1CC(C)C. The van der Waals surface area contributed by atoms with E-state index in [9.17, 15) is 0 Å². The predicted molar refractivity (Wildman–Crippen MR) is 95.3 cm³/mol. The third kappa shape index (κ3) is 4.95. The Morgan fingerprint density at radius 3 is 2.90 bits per heavy atom. The van der Waals surface area contributed by atoms with Crippen molar-refractivity contribution in [3.63, 3.8) is 0 Å². The zero-order valence-electron chi connectivity index (χ0n) is 13.8. The first kappa shape index (κ1) is 17.3. The van der Waals surface area contributed by atoms with Gasteiger partial charge in [0.1, 0.15) is 5.01 Å². The Morgan fingerprint density at radius 1 is 1.43 bits per heavy atom. The van der Waals surface area contributed by atoms with Crippen molar-refractivity contribution in [2.45, 2.75) is 46.2 Å². The molecular formula is C16H29N3S2. The highest BCUT2D eigenvalue weighted by atomic mass is 32.2. The summed E-state index contributed by atoms with van der Waals surface area (Å²) in [6.45, 7) is 10.0. The highest BCUT2D eigenvalue weighted by molar-refractivity contribution is 7.99. The molecule has 3 nitrogen and oxygen atoms in total. The Hall–Kier alpha value is -0.100. The molecule has 0 radical (unpaired) electrons. The first-order valence-corrected chi connectivity index (χ1v) is 10.1. The average molecular weight is 328 g/mol. The summed E-state index contributed by atoms with van der Waals surface area (Å²) in [6.07, 6.45) is 2.29. The molecule has 1 aliphatic heterocycles. The van der Waals surface area contributed by atoms with Gasteiger partial charge in [-0.2, -0.15) is 11.8 Å². The van der Waals surface area contributed by atoms with Crippen molar-refractivity contribution in [2.75, 3.05) is 31.6 Å². The average Bonchev–Trinajstić information content (AvgIpc) is 2.82. The number of nitrogens with zero attached hydrogens (tertiary/aromatic N) is 2. The molecular weight excluding hydrogens is 298 g/mol. The molecule has 1 saturated heterocycles. The molecule has 21 heavy (non-hydrogen) atoms. The van der Waals surface area contributed by atoms with E-state index in [1.165, 1.54) is 40.0 Å². The number of hydrogen-bond donors (Lipinski definition) is 1. The lowest BCUT2D eigenvalue weighted by atomic mass is 10.1. The van der Waals surface area contributed by atoms with Gasteiger partial charge in [0.2, 0.25) is 0 Å². The minimum absolute atomic E-state index is 0.514. The molecule has 120 valence electrons. The van der Waals surface area contributed by atoms with Gasteiger partial charge in [-0.15, -0.1) is 11.3 Å². The molecule has 0 amide bonds. The Labute approximate surface area is 137 Å². The van der Waals surface area contributed by atoms with Crippen LogP contribution in [0.2, 0.25) is 0 Å². The Morgan fingerprint density at radius 2 is 2.24 bits per heavy atom. The van der Waals surface area contributed by atoms with Crippen LogP contribution in [0.25, 0.3) is 0 Å². The first-order chi connectivity index (χ1) is 10.1. The lowest BCUT2D eigenvalue weighted by Crippen LogP contribution is -2.32. The topological polar surface area (TPSA) is 28.2 Å². The molecule has 0 bridgehead atoms. The van der Waals surface area contributed by atoms with Crippen molar-refractivity contribution in [2.24, 2.45) is 5.92 Å². The van der Waals surface area contributed by atoms with Gasteiger partial charge in [0, 0.05) is 29.5 Å². The zero-order chi connectivity index (χ0) is 15.2. The van der Waals surface area contributed by atoms with Gasteiger partial charge in [-0.3, -0.25) is 4.90 Å². The molecule has 2 heterocycles. The van der Waals surface area contributed by atoms with E-state index >= 15 is 0 Å². The molecule has 1 aliphatic rings. The van der Waals surface area contributed by atoms with E-state index in [0.717, 1.165) is 19.5 Å². The molecule has 1 fully saturated rings. The molecule has 1 aromatic rings. The standard InChI is InChI=1S/C16H29N3S2/c1-5-6-17-10-15-13(9-12(2)3)18-16(21-15)14-11-20-8-7-19(14)4/h12,14,17H,5-11H2,1-4H3. The van der Waals surface area contributed by atoms with Crippen LogP contribution in [0.4, 0.5) is 0 Å². The predicted octanol–water partition coefficient (Wildman–Crippen LogP) is 3.56. The van der Waals surface area contributed by atoms with Gasteiger partial charge < -0.3 is 5.32 Å². The van der Waals surface area contributed by atoms with Crippen LogP contribution in [0.3, 0.4) is 0 Å². The van der Waals surface area contributed by atoms with Gasteiger partial charge in [0.25, 0.3) is 0 Å². The molecule has 5 heteroatoms. The molecule has 0 saturated carbocycles. The van der Waals surface area contributed by atoms with Gasteiger partial charge in [0.15, 0.2) is 0 Å². The van der Waals surface area contributed by atoms with Crippen LogP contribution in [0.5, 0.6) is 0 Å². The van der Waals surface area contributed by atoms with Crippen molar-refractivity contribution in [3.8, 4) is 0 Å². The summed E-state index contributed by atoms with van der Waals surface area (Å²) in [6, 6.07) is 0.514. The third-order valence-corrected chi connectivity index (χ3v) is 6.01. The Balaban J connectivity index is 2.13. The van der Waals surface area contributed by atoms with Crippen LogP contribution in [0.15, 0.2) is 0 Å². The first-order valence-electron chi connectivity index (χ1n) is 8.09. The Kier molecular flexibility index (Phi) is 6.99. The van der Waals surface area contributed by atoms with Crippen molar-refractivity contribution in [1.29, 1.82) is 0 Å². The number of rotatable bonds is 7. The Bertz CT molecular complexity index is 431. The van der Waals surface area contributed by atoms with E-state index in [2.05, 4.69) is 49.8 Å². The molecule has 0 spiro atoms. The van der Waals surface area contributed by atoms with E-state index in [1.807, 2.05) is 11.3 Å². The fraction of sp³-hybridized carbons (Fsp3) is 0.812. The number of nitrogens with one attached hydrogen (secondary N) is 1. The second kappa shape index (κ2) is 8.51. The smallest absolute Gasteiger partial charge is 0.111 e. The van der Waals surface area contributed by atoms with Crippen molar-refractivity contribution >= 4 is 23.1 Å². The second-order valence-electron chi connectivity index (χ2n) is 6.27. The quantitative estimate of drug-likeness (QED) is 0.775. The highest BCUT2D eigenvalue weighted by Crippen LogP contribution is 2.33. The lowest BCUT2D eigenvalue weighted by molar-refractivity contribution is 0.274. The van der Waals surface area contributed by atoms with Gasteiger partial charge in [-0.25, -0.2) is 4.98 Å². The number of thioether (sulfide) groups is 1. The van der Waals surface area contributed by atoms with Crippen LogP contribution >= 0.6 is 23.1 Å². The summed E-state index contributed by atoms with van der Waals surface area (Å²) in [4.78, 5) is 8.95. The molecule has 1 aromatic heterocycles. The minimum Gasteiger partial charge on any atom is -0.312 e.